The molecule has 0 spiro atoms. The number of halogens is 1. The fourth-order valence-electron chi connectivity index (χ4n) is 3.30. The fraction of sp³-hybridized carbons (Fsp3) is 0.333. The van der Waals surface area contributed by atoms with Gasteiger partial charge in [0.2, 0.25) is 0 Å². The molecule has 2 aliphatic rings. The van der Waals surface area contributed by atoms with Gasteiger partial charge >= 0.3 is 0 Å². The molecule has 0 bridgehead atoms. The summed E-state index contributed by atoms with van der Waals surface area (Å²) in [6.45, 7) is 2.11. The smallest absolute Gasteiger partial charge is 0.179 e. The Kier molecular flexibility index (Phi) is 4.21. The number of hydrogen-bond donors (Lipinski definition) is 1. The molecule has 0 aromatic heterocycles. The lowest BCUT2D eigenvalue weighted by molar-refractivity contribution is -0.0141. The first kappa shape index (κ1) is 16.5. The minimum absolute atomic E-state index is 0.439. The largest absolute Gasteiger partial charge is 0.385 e. The van der Waals surface area contributed by atoms with E-state index in [1.54, 1.807) is 0 Å². The third-order valence-corrected chi connectivity index (χ3v) is 5.31. The monoisotopic (exact) mass is 353 g/mol. The summed E-state index contributed by atoms with van der Waals surface area (Å²) in [5.41, 5.74) is 0.800. The molecule has 0 saturated carbocycles. The Balaban J connectivity index is 1.43. The van der Waals surface area contributed by atoms with Gasteiger partial charge in [0.1, 0.15) is 0 Å². The molecule has 2 aromatic rings. The average Bonchev–Trinajstić information content (AvgIpc) is 3.44. The van der Waals surface area contributed by atoms with Crippen LogP contribution in [0.5, 0.6) is 0 Å². The Hall–Kier alpha value is -1.99. The van der Waals surface area contributed by atoms with Crippen molar-refractivity contribution in [2.45, 2.75) is 24.0 Å². The van der Waals surface area contributed by atoms with Gasteiger partial charge in [-0.05, 0) is 42.0 Å². The summed E-state index contributed by atoms with van der Waals surface area (Å²) in [7, 11) is 0. The molecule has 3 nitrogen and oxygen atoms in total. The molecular weight excluding hydrogens is 334 g/mol. The molecule has 1 atom stereocenters. The fourth-order valence-corrected chi connectivity index (χ4v) is 3.42. The third kappa shape index (κ3) is 3.39. The SMILES string of the molecule is OC1(c2ccc(Cl)cc2)CCN(C#CC2(c3ccccc3)CO2)CC1. The van der Waals surface area contributed by atoms with Crippen LogP contribution in [0.3, 0.4) is 0 Å². The van der Waals surface area contributed by atoms with Gasteiger partial charge in [0.25, 0.3) is 0 Å². The predicted octanol–water partition coefficient (Wildman–Crippen LogP) is 3.51. The Labute approximate surface area is 153 Å². The topological polar surface area (TPSA) is 36.0 Å². The van der Waals surface area contributed by atoms with E-state index in [2.05, 4.69) is 29.0 Å². The molecule has 0 amide bonds. The normalized spacial score (nSPS) is 24.3. The van der Waals surface area contributed by atoms with E-state index in [0.29, 0.717) is 24.5 Å². The van der Waals surface area contributed by atoms with Crippen molar-refractivity contribution in [2.24, 2.45) is 0 Å². The summed E-state index contributed by atoms with van der Waals surface area (Å²) in [6, 6.07) is 20.8. The van der Waals surface area contributed by atoms with Gasteiger partial charge in [-0.2, -0.15) is 0 Å². The molecule has 128 valence electrons. The van der Waals surface area contributed by atoms with Crippen LogP contribution in [0.4, 0.5) is 0 Å². The van der Waals surface area contributed by atoms with Crippen LogP contribution in [0.25, 0.3) is 0 Å². The molecule has 4 rings (SSSR count). The maximum Gasteiger partial charge on any atom is 0.179 e. The van der Waals surface area contributed by atoms with E-state index in [0.717, 1.165) is 24.2 Å². The molecule has 0 radical (unpaired) electrons. The molecule has 1 N–H and O–H groups in total. The van der Waals surface area contributed by atoms with Crippen LogP contribution < -0.4 is 0 Å². The highest BCUT2D eigenvalue weighted by atomic mass is 35.5. The Morgan fingerprint density at radius 3 is 2.20 bits per heavy atom. The zero-order valence-corrected chi connectivity index (χ0v) is 14.7. The van der Waals surface area contributed by atoms with Gasteiger partial charge in [-0.25, -0.2) is 0 Å². The van der Waals surface area contributed by atoms with E-state index >= 15 is 0 Å². The number of benzene rings is 2. The summed E-state index contributed by atoms with van der Waals surface area (Å²) in [5.74, 6) is 3.29. The van der Waals surface area contributed by atoms with Crippen molar-refractivity contribution < 1.29 is 9.84 Å². The maximum absolute atomic E-state index is 10.9. The first-order chi connectivity index (χ1) is 12.1. The first-order valence-electron chi connectivity index (χ1n) is 8.55. The maximum atomic E-state index is 10.9. The average molecular weight is 354 g/mol. The van der Waals surface area contributed by atoms with Crippen LogP contribution >= 0.6 is 11.6 Å². The molecular formula is C21H20ClNO2. The molecule has 2 fully saturated rings. The third-order valence-electron chi connectivity index (χ3n) is 5.06. The van der Waals surface area contributed by atoms with Gasteiger partial charge in [0.15, 0.2) is 5.60 Å². The van der Waals surface area contributed by atoms with Crippen molar-refractivity contribution in [3.05, 3.63) is 70.7 Å². The van der Waals surface area contributed by atoms with Crippen LogP contribution in [0.1, 0.15) is 24.0 Å². The Bertz CT molecular complexity index is 795. The Morgan fingerprint density at radius 1 is 0.960 bits per heavy atom. The first-order valence-corrected chi connectivity index (χ1v) is 8.93. The quantitative estimate of drug-likeness (QED) is 0.663. The number of aliphatic hydroxyl groups is 1. The van der Waals surface area contributed by atoms with Crippen molar-refractivity contribution in [1.29, 1.82) is 0 Å². The summed E-state index contributed by atoms with van der Waals surface area (Å²) in [5, 5.41) is 11.6. The second-order valence-electron chi connectivity index (χ2n) is 6.74. The zero-order valence-electron chi connectivity index (χ0n) is 13.9. The van der Waals surface area contributed by atoms with E-state index in [-0.39, 0.29) is 0 Å². The standard InChI is InChI=1S/C21H20ClNO2/c22-19-8-6-17(7-9-19)20(24)10-13-23(14-11-20)15-12-21(16-25-21)18-4-2-1-3-5-18/h1-9,24H,10-11,13-14,16H2. The minimum Gasteiger partial charge on any atom is -0.385 e. The molecule has 2 aliphatic heterocycles. The van der Waals surface area contributed by atoms with Crippen molar-refractivity contribution in [2.75, 3.05) is 19.7 Å². The highest BCUT2D eigenvalue weighted by Gasteiger charge is 2.45. The Morgan fingerprint density at radius 2 is 1.60 bits per heavy atom. The molecule has 25 heavy (non-hydrogen) atoms. The summed E-state index contributed by atoms with van der Waals surface area (Å²) < 4.78 is 5.63. The van der Waals surface area contributed by atoms with E-state index in [4.69, 9.17) is 16.3 Å². The number of rotatable bonds is 2. The second kappa shape index (κ2) is 6.38. The van der Waals surface area contributed by atoms with Crippen molar-refractivity contribution >= 4 is 11.6 Å². The van der Waals surface area contributed by atoms with Crippen molar-refractivity contribution in [1.82, 2.24) is 4.90 Å². The molecule has 0 aliphatic carbocycles. The number of epoxide rings is 1. The number of ether oxygens (including phenoxy) is 1. The number of piperidine rings is 1. The van der Waals surface area contributed by atoms with E-state index in [1.165, 1.54) is 0 Å². The van der Waals surface area contributed by atoms with Crippen molar-refractivity contribution in [3.8, 4) is 12.0 Å². The second-order valence-corrected chi connectivity index (χ2v) is 7.18. The van der Waals surface area contributed by atoms with Gasteiger partial charge in [0.05, 0.1) is 12.2 Å². The molecule has 2 heterocycles. The lowest BCUT2D eigenvalue weighted by Crippen LogP contribution is -2.40. The molecule has 1 unspecified atom stereocenters. The van der Waals surface area contributed by atoms with E-state index in [9.17, 15) is 5.11 Å². The summed E-state index contributed by atoms with van der Waals surface area (Å²) >= 11 is 5.94. The lowest BCUT2D eigenvalue weighted by Gasteiger charge is -2.37. The van der Waals surface area contributed by atoms with Gasteiger partial charge in [-0.3, -0.25) is 0 Å². The number of likely N-dealkylation sites (tertiary alicyclic amines) is 1. The van der Waals surface area contributed by atoms with Crippen LogP contribution in [0.2, 0.25) is 5.02 Å². The lowest BCUT2D eigenvalue weighted by atomic mass is 9.84. The summed E-state index contributed by atoms with van der Waals surface area (Å²) in [4.78, 5) is 2.08. The van der Waals surface area contributed by atoms with Crippen LogP contribution in [-0.2, 0) is 15.9 Å². The highest BCUT2D eigenvalue weighted by Crippen LogP contribution is 2.38. The van der Waals surface area contributed by atoms with Gasteiger partial charge < -0.3 is 14.7 Å². The van der Waals surface area contributed by atoms with Crippen LogP contribution in [0.15, 0.2) is 54.6 Å². The van der Waals surface area contributed by atoms with Crippen LogP contribution in [0, 0.1) is 12.0 Å². The van der Waals surface area contributed by atoms with E-state index in [1.807, 2.05) is 42.5 Å². The van der Waals surface area contributed by atoms with Gasteiger partial charge in [0, 0.05) is 24.2 Å². The highest BCUT2D eigenvalue weighted by molar-refractivity contribution is 6.30. The van der Waals surface area contributed by atoms with Gasteiger partial charge in [-0.1, -0.05) is 54.1 Å². The predicted molar refractivity (Wildman–Crippen MR) is 98.0 cm³/mol. The van der Waals surface area contributed by atoms with Crippen molar-refractivity contribution in [3.63, 3.8) is 0 Å². The number of nitrogens with zero attached hydrogens (tertiary/aromatic N) is 1. The zero-order chi connectivity index (χ0) is 17.3. The van der Waals surface area contributed by atoms with Crippen LogP contribution in [-0.4, -0.2) is 29.7 Å². The minimum atomic E-state index is -0.796. The van der Waals surface area contributed by atoms with E-state index < -0.39 is 11.2 Å². The summed E-state index contributed by atoms with van der Waals surface area (Å²) in [6.07, 6.45) is 1.31. The van der Waals surface area contributed by atoms with Gasteiger partial charge in [-0.15, -0.1) is 0 Å². The molecule has 4 heteroatoms. The number of hydrogen-bond acceptors (Lipinski definition) is 3. The molecule has 2 saturated heterocycles. The molecule has 2 aromatic carbocycles.